The van der Waals surface area contributed by atoms with E-state index in [1.165, 1.54) is 24.3 Å². The molecule has 0 saturated heterocycles. The molecule has 8 heteroatoms. The summed E-state index contributed by atoms with van der Waals surface area (Å²) in [6, 6.07) is 12.6. The van der Waals surface area contributed by atoms with Crippen LogP contribution in [0.15, 0.2) is 73.3 Å². The number of hydrogen-bond donors (Lipinski definition) is 1. The molecule has 0 spiro atoms. The van der Waals surface area contributed by atoms with Gasteiger partial charge < -0.3 is 14.6 Å². The van der Waals surface area contributed by atoms with E-state index in [1.807, 2.05) is 6.07 Å². The number of imidazole rings is 1. The monoisotopic (exact) mass is 373 g/mol. The molecule has 27 heavy (non-hydrogen) atoms. The second kappa shape index (κ2) is 7.77. The highest BCUT2D eigenvalue weighted by molar-refractivity contribution is 6.03. The lowest BCUT2D eigenvalue weighted by atomic mass is 10.2. The number of nitrogens with one attached hydrogen (secondary N) is 1. The number of aromatic nitrogens is 2. The summed E-state index contributed by atoms with van der Waals surface area (Å²) in [6.07, 6.45) is 2.52. The summed E-state index contributed by atoms with van der Waals surface area (Å²) < 4.78 is 43.0. The zero-order valence-electron chi connectivity index (χ0n) is 13.9. The Labute approximate surface area is 152 Å². The molecule has 2 aromatic carbocycles. The molecule has 0 saturated carbocycles. The second-order valence-electron chi connectivity index (χ2n) is 5.40. The molecule has 3 aromatic rings. The highest BCUT2D eigenvalue weighted by atomic mass is 19.4. The van der Waals surface area contributed by atoms with Crippen molar-refractivity contribution in [3.63, 3.8) is 0 Å². The van der Waals surface area contributed by atoms with Crippen LogP contribution in [0.1, 0.15) is 5.56 Å². The van der Waals surface area contributed by atoms with Gasteiger partial charge in [0.05, 0.1) is 17.7 Å². The van der Waals surface area contributed by atoms with E-state index >= 15 is 0 Å². The van der Waals surface area contributed by atoms with E-state index in [2.05, 4.69) is 15.0 Å². The first-order valence-electron chi connectivity index (χ1n) is 7.83. The second-order valence-corrected chi connectivity index (χ2v) is 5.40. The number of carbonyl (C=O) groups is 1. The van der Waals surface area contributed by atoms with Gasteiger partial charge in [-0.05, 0) is 24.3 Å². The summed E-state index contributed by atoms with van der Waals surface area (Å²) in [5.41, 5.74) is 1.37. The van der Waals surface area contributed by atoms with Gasteiger partial charge in [0.15, 0.2) is 0 Å². The summed E-state index contributed by atoms with van der Waals surface area (Å²) in [7, 11) is 0. The zero-order valence-corrected chi connectivity index (χ0v) is 13.9. The van der Waals surface area contributed by atoms with Gasteiger partial charge in [0, 0.05) is 24.0 Å². The number of alkyl halides is 3. The summed E-state index contributed by atoms with van der Waals surface area (Å²) in [5.74, 6) is -0.878. The molecule has 3 rings (SSSR count). The fourth-order valence-corrected chi connectivity index (χ4v) is 2.38. The Morgan fingerprint density at radius 2 is 1.85 bits per heavy atom. The van der Waals surface area contributed by atoms with Crippen LogP contribution < -0.4 is 10.1 Å². The number of carbonyl (C=O) groups excluding carboxylic acids is 1. The zero-order chi connectivity index (χ0) is 19.3. The molecule has 1 aromatic heterocycles. The summed E-state index contributed by atoms with van der Waals surface area (Å²) in [4.78, 5) is 16.2. The van der Waals surface area contributed by atoms with E-state index in [1.54, 1.807) is 47.6 Å². The van der Waals surface area contributed by atoms with E-state index in [0.717, 1.165) is 6.08 Å². The van der Waals surface area contributed by atoms with Gasteiger partial charge in [0.1, 0.15) is 5.75 Å². The first-order chi connectivity index (χ1) is 12.9. The van der Waals surface area contributed by atoms with Gasteiger partial charge in [-0.15, -0.1) is 13.2 Å². The van der Waals surface area contributed by atoms with Crippen LogP contribution in [0, 0.1) is 0 Å². The standard InChI is InChI=1S/C19H14F3N3O2/c20-19(21,22)27-17-8-4-1-5-14(17)9-10-18(26)24-15-6-2-3-7-16(15)25-12-11-23-13-25/h1-13H,(H,24,26). The van der Waals surface area contributed by atoms with Gasteiger partial charge in [-0.1, -0.05) is 30.3 Å². The predicted molar refractivity (Wildman–Crippen MR) is 94.4 cm³/mol. The minimum Gasteiger partial charge on any atom is -0.405 e. The van der Waals surface area contributed by atoms with Crippen LogP contribution in [0.4, 0.5) is 18.9 Å². The molecule has 0 unspecified atom stereocenters. The van der Waals surface area contributed by atoms with E-state index in [4.69, 9.17) is 0 Å². The first kappa shape index (κ1) is 18.2. The molecule has 1 heterocycles. The molecular formula is C19H14F3N3O2. The number of nitrogens with zero attached hydrogens (tertiary/aromatic N) is 2. The van der Waals surface area contributed by atoms with Gasteiger partial charge in [-0.2, -0.15) is 0 Å². The number of hydrogen-bond acceptors (Lipinski definition) is 3. The fourth-order valence-electron chi connectivity index (χ4n) is 2.38. The molecule has 5 nitrogen and oxygen atoms in total. The van der Waals surface area contributed by atoms with Crippen LogP contribution in [-0.2, 0) is 4.79 Å². The van der Waals surface area contributed by atoms with E-state index in [9.17, 15) is 18.0 Å². The highest BCUT2D eigenvalue weighted by Crippen LogP contribution is 2.27. The summed E-state index contributed by atoms with van der Waals surface area (Å²) in [6.45, 7) is 0. The number of para-hydroxylation sites is 3. The van der Waals surface area contributed by atoms with Crippen LogP contribution in [0.5, 0.6) is 5.75 Å². The van der Waals surface area contributed by atoms with Crippen molar-refractivity contribution in [2.45, 2.75) is 6.36 Å². The molecule has 1 amide bonds. The first-order valence-corrected chi connectivity index (χ1v) is 7.83. The van der Waals surface area contributed by atoms with E-state index in [0.29, 0.717) is 11.4 Å². The Balaban J connectivity index is 1.76. The van der Waals surface area contributed by atoms with Gasteiger partial charge in [0.25, 0.3) is 0 Å². The molecule has 0 radical (unpaired) electrons. The number of halogens is 3. The van der Waals surface area contributed by atoms with Crippen LogP contribution >= 0.6 is 0 Å². The van der Waals surface area contributed by atoms with Crippen molar-refractivity contribution in [3.8, 4) is 11.4 Å². The predicted octanol–water partition coefficient (Wildman–Crippen LogP) is 4.42. The average molecular weight is 373 g/mol. The molecule has 0 fully saturated rings. The molecular weight excluding hydrogens is 359 g/mol. The van der Waals surface area contributed by atoms with Gasteiger partial charge >= 0.3 is 6.36 Å². The topological polar surface area (TPSA) is 56.1 Å². The lowest BCUT2D eigenvalue weighted by Crippen LogP contribution is -2.17. The average Bonchev–Trinajstić information content (AvgIpc) is 3.14. The van der Waals surface area contributed by atoms with Crippen LogP contribution in [0.3, 0.4) is 0 Å². The van der Waals surface area contributed by atoms with Crippen LogP contribution in [0.25, 0.3) is 11.8 Å². The lowest BCUT2D eigenvalue weighted by Gasteiger charge is -2.11. The van der Waals surface area contributed by atoms with Crippen LogP contribution in [-0.4, -0.2) is 21.8 Å². The normalized spacial score (nSPS) is 11.5. The van der Waals surface area contributed by atoms with E-state index in [-0.39, 0.29) is 11.3 Å². The fraction of sp³-hybridized carbons (Fsp3) is 0.0526. The SMILES string of the molecule is O=C(C=Cc1ccccc1OC(F)(F)F)Nc1ccccc1-n1ccnc1. The maximum absolute atomic E-state index is 12.5. The minimum absolute atomic E-state index is 0.132. The molecule has 1 N–H and O–H groups in total. The molecule has 0 aliphatic carbocycles. The van der Waals surface area contributed by atoms with Crippen molar-refractivity contribution in [3.05, 3.63) is 78.9 Å². The smallest absolute Gasteiger partial charge is 0.405 e. The Morgan fingerprint density at radius 3 is 2.59 bits per heavy atom. The van der Waals surface area contributed by atoms with Crippen molar-refractivity contribution in [1.82, 2.24) is 9.55 Å². The summed E-state index contributed by atoms with van der Waals surface area (Å²) in [5, 5.41) is 2.70. The maximum Gasteiger partial charge on any atom is 0.573 e. The van der Waals surface area contributed by atoms with Crippen molar-refractivity contribution in [2.75, 3.05) is 5.32 Å². The Bertz CT molecular complexity index is 951. The lowest BCUT2D eigenvalue weighted by molar-refractivity contribution is -0.274. The van der Waals surface area contributed by atoms with Gasteiger partial charge in [-0.25, -0.2) is 4.98 Å². The third-order valence-corrected chi connectivity index (χ3v) is 3.50. The minimum atomic E-state index is -4.81. The maximum atomic E-state index is 12.5. The van der Waals surface area contributed by atoms with Gasteiger partial charge in [0.2, 0.25) is 5.91 Å². The number of anilines is 1. The van der Waals surface area contributed by atoms with Gasteiger partial charge in [-0.3, -0.25) is 4.79 Å². The quantitative estimate of drug-likeness (QED) is 0.674. The van der Waals surface area contributed by atoms with Crippen molar-refractivity contribution in [1.29, 1.82) is 0 Å². The van der Waals surface area contributed by atoms with Crippen molar-refractivity contribution < 1.29 is 22.7 Å². The molecule has 0 atom stereocenters. The number of ether oxygens (including phenoxy) is 1. The molecule has 138 valence electrons. The Hall–Kier alpha value is -3.55. The third kappa shape index (κ3) is 4.97. The van der Waals surface area contributed by atoms with E-state index < -0.39 is 12.3 Å². The Morgan fingerprint density at radius 1 is 1.11 bits per heavy atom. The summed E-state index contributed by atoms with van der Waals surface area (Å²) >= 11 is 0. The largest absolute Gasteiger partial charge is 0.573 e. The molecule has 0 aliphatic heterocycles. The molecule has 0 aliphatic rings. The van der Waals surface area contributed by atoms with Crippen molar-refractivity contribution in [2.24, 2.45) is 0 Å². The van der Waals surface area contributed by atoms with Crippen molar-refractivity contribution >= 4 is 17.7 Å². The Kier molecular flexibility index (Phi) is 5.25. The number of benzene rings is 2. The highest BCUT2D eigenvalue weighted by Gasteiger charge is 2.31. The number of amides is 1. The van der Waals surface area contributed by atoms with Crippen LogP contribution in [0.2, 0.25) is 0 Å². The third-order valence-electron chi connectivity index (χ3n) is 3.50. The molecule has 0 bridgehead atoms. The number of rotatable bonds is 5.